The molecule has 0 spiro atoms. The van der Waals surface area contributed by atoms with Gasteiger partial charge in [0.05, 0.1) is 13.2 Å². The van der Waals surface area contributed by atoms with Crippen LogP contribution in [-0.4, -0.2) is 86.7 Å². The summed E-state index contributed by atoms with van der Waals surface area (Å²) in [5, 5.41) is 0. The Morgan fingerprint density at radius 2 is 1.71 bits per heavy atom. The van der Waals surface area contributed by atoms with Gasteiger partial charge in [-0.25, -0.2) is 0 Å². The Labute approximate surface area is 103 Å². The molecular weight excluding hydrogens is 218 g/mol. The summed E-state index contributed by atoms with van der Waals surface area (Å²) in [4.78, 5) is 18.6. The molecule has 2 heterocycles. The molecule has 0 N–H and O–H groups in total. The molecule has 0 aliphatic carbocycles. The molecular formula is C12H23N3O2. The maximum Gasteiger partial charge on any atom is 0.224 e. The van der Waals surface area contributed by atoms with E-state index in [0.717, 1.165) is 45.8 Å². The second-order valence-corrected chi connectivity index (χ2v) is 4.89. The first-order valence-electron chi connectivity index (χ1n) is 6.52. The first-order chi connectivity index (χ1) is 8.25. The lowest BCUT2D eigenvalue weighted by Gasteiger charge is -2.33. The number of nitrogens with zero attached hydrogens (tertiary/aromatic N) is 3. The van der Waals surface area contributed by atoms with E-state index in [9.17, 15) is 4.79 Å². The lowest BCUT2D eigenvalue weighted by atomic mass is 10.2. The second-order valence-electron chi connectivity index (χ2n) is 4.89. The number of rotatable bonds is 3. The third-order valence-corrected chi connectivity index (χ3v) is 3.60. The van der Waals surface area contributed by atoms with Crippen molar-refractivity contribution in [3.8, 4) is 0 Å². The Hall–Kier alpha value is -0.650. The van der Waals surface area contributed by atoms with E-state index in [2.05, 4.69) is 16.8 Å². The largest absolute Gasteiger partial charge is 0.378 e. The molecule has 98 valence electrons. The molecule has 0 radical (unpaired) electrons. The number of piperazine rings is 1. The highest BCUT2D eigenvalue weighted by Crippen LogP contribution is 2.04. The fourth-order valence-corrected chi connectivity index (χ4v) is 2.30. The Bertz CT molecular complexity index is 246. The summed E-state index contributed by atoms with van der Waals surface area (Å²) in [6, 6.07) is 0. The van der Waals surface area contributed by atoms with Crippen molar-refractivity contribution in [3.63, 3.8) is 0 Å². The molecule has 17 heavy (non-hydrogen) atoms. The monoisotopic (exact) mass is 241 g/mol. The van der Waals surface area contributed by atoms with Crippen molar-refractivity contribution in [2.75, 3.05) is 66.1 Å². The number of amides is 1. The van der Waals surface area contributed by atoms with Crippen LogP contribution in [0, 0.1) is 0 Å². The predicted molar refractivity (Wildman–Crippen MR) is 66.0 cm³/mol. The van der Waals surface area contributed by atoms with Crippen LogP contribution in [0.1, 0.15) is 6.42 Å². The zero-order valence-corrected chi connectivity index (χ0v) is 10.7. The highest BCUT2D eigenvalue weighted by atomic mass is 16.5. The third kappa shape index (κ3) is 3.94. The smallest absolute Gasteiger partial charge is 0.224 e. The van der Waals surface area contributed by atoms with Crippen LogP contribution in [0.15, 0.2) is 0 Å². The number of carbonyl (C=O) groups is 1. The van der Waals surface area contributed by atoms with Gasteiger partial charge in [-0.05, 0) is 7.05 Å². The Balaban J connectivity index is 1.65. The van der Waals surface area contributed by atoms with E-state index in [-0.39, 0.29) is 5.91 Å². The molecule has 5 nitrogen and oxygen atoms in total. The van der Waals surface area contributed by atoms with Gasteiger partial charge in [0, 0.05) is 52.2 Å². The Morgan fingerprint density at radius 1 is 1.06 bits per heavy atom. The molecule has 2 aliphatic rings. The van der Waals surface area contributed by atoms with E-state index in [1.807, 2.05) is 4.90 Å². The lowest BCUT2D eigenvalue weighted by molar-refractivity contribution is -0.135. The standard InChI is InChI=1S/C12H23N3O2/c1-13-4-6-14(7-5-13)3-2-12(16)15-8-10-17-11-9-15/h2-11H2,1H3. The van der Waals surface area contributed by atoms with Gasteiger partial charge < -0.3 is 19.4 Å². The molecule has 2 fully saturated rings. The van der Waals surface area contributed by atoms with Gasteiger partial charge in [0.1, 0.15) is 0 Å². The maximum absolute atomic E-state index is 11.9. The summed E-state index contributed by atoms with van der Waals surface area (Å²) in [5.74, 6) is 0.284. The molecule has 1 amide bonds. The number of ether oxygens (including phenoxy) is 1. The van der Waals surface area contributed by atoms with Gasteiger partial charge in [0.2, 0.25) is 5.91 Å². The normalized spacial score (nSPS) is 23.9. The minimum absolute atomic E-state index is 0.284. The molecule has 5 heteroatoms. The zero-order valence-electron chi connectivity index (χ0n) is 10.7. The van der Waals surface area contributed by atoms with E-state index in [1.54, 1.807) is 0 Å². The van der Waals surface area contributed by atoms with Crippen LogP contribution in [0.25, 0.3) is 0 Å². The molecule has 0 aromatic rings. The van der Waals surface area contributed by atoms with Crippen LogP contribution in [0.2, 0.25) is 0 Å². The summed E-state index contributed by atoms with van der Waals surface area (Å²) in [5.41, 5.74) is 0. The van der Waals surface area contributed by atoms with Gasteiger partial charge in [-0.15, -0.1) is 0 Å². The van der Waals surface area contributed by atoms with Gasteiger partial charge in [0.25, 0.3) is 0 Å². The zero-order chi connectivity index (χ0) is 12.1. The van der Waals surface area contributed by atoms with E-state index < -0.39 is 0 Å². The highest BCUT2D eigenvalue weighted by molar-refractivity contribution is 5.76. The SMILES string of the molecule is CN1CCN(CCC(=O)N2CCOCC2)CC1. The van der Waals surface area contributed by atoms with Crippen LogP contribution in [0.3, 0.4) is 0 Å². The molecule has 0 bridgehead atoms. The maximum atomic E-state index is 11.9. The predicted octanol–water partition coefficient (Wildman–Crippen LogP) is -0.517. The summed E-state index contributed by atoms with van der Waals surface area (Å²) < 4.78 is 5.25. The summed E-state index contributed by atoms with van der Waals surface area (Å²) in [6.45, 7) is 8.24. The van der Waals surface area contributed by atoms with Gasteiger partial charge in [-0.1, -0.05) is 0 Å². The minimum Gasteiger partial charge on any atom is -0.378 e. The topological polar surface area (TPSA) is 36.0 Å². The molecule has 0 saturated carbocycles. The van der Waals surface area contributed by atoms with Crippen LogP contribution < -0.4 is 0 Å². The number of carbonyl (C=O) groups excluding carboxylic acids is 1. The average Bonchev–Trinajstić information content (AvgIpc) is 2.39. The summed E-state index contributed by atoms with van der Waals surface area (Å²) in [7, 11) is 2.15. The van der Waals surface area contributed by atoms with Crippen molar-refractivity contribution in [2.24, 2.45) is 0 Å². The Kier molecular flexibility index (Phi) is 4.76. The van der Waals surface area contributed by atoms with Gasteiger partial charge >= 0.3 is 0 Å². The van der Waals surface area contributed by atoms with Crippen LogP contribution in [0.4, 0.5) is 0 Å². The quantitative estimate of drug-likeness (QED) is 0.666. The van der Waals surface area contributed by atoms with Crippen LogP contribution in [-0.2, 0) is 9.53 Å². The van der Waals surface area contributed by atoms with E-state index >= 15 is 0 Å². The fraction of sp³-hybridized carbons (Fsp3) is 0.917. The van der Waals surface area contributed by atoms with Crippen molar-refractivity contribution in [1.82, 2.24) is 14.7 Å². The molecule has 0 aromatic carbocycles. The number of hydrogen-bond donors (Lipinski definition) is 0. The van der Waals surface area contributed by atoms with Crippen molar-refractivity contribution < 1.29 is 9.53 Å². The average molecular weight is 241 g/mol. The van der Waals surface area contributed by atoms with Gasteiger partial charge in [0.15, 0.2) is 0 Å². The van der Waals surface area contributed by atoms with E-state index in [0.29, 0.717) is 19.6 Å². The molecule has 0 aromatic heterocycles. The third-order valence-electron chi connectivity index (χ3n) is 3.60. The lowest BCUT2D eigenvalue weighted by Crippen LogP contribution is -2.46. The van der Waals surface area contributed by atoms with E-state index in [4.69, 9.17) is 4.74 Å². The molecule has 0 atom stereocenters. The van der Waals surface area contributed by atoms with Crippen molar-refractivity contribution >= 4 is 5.91 Å². The second kappa shape index (κ2) is 6.33. The molecule has 2 saturated heterocycles. The van der Waals surface area contributed by atoms with Crippen LogP contribution >= 0.6 is 0 Å². The van der Waals surface area contributed by atoms with Crippen molar-refractivity contribution in [1.29, 1.82) is 0 Å². The van der Waals surface area contributed by atoms with Gasteiger partial charge in [-0.3, -0.25) is 4.79 Å². The first kappa shape index (κ1) is 12.8. The molecule has 0 unspecified atom stereocenters. The van der Waals surface area contributed by atoms with Crippen molar-refractivity contribution in [3.05, 3.63) is 0 Å². The number of morpholine rings is 1. The van der Waals surface area contributed by atoms with Gasteiger partial charge in [-0.2, -0.15) is 0 Å². The van der Waals surface area contributed by atoms with Crippen LogP contribution in [0.5, 0.6) is 0 Å². The summed E-state index contributed by atoms with van der Waals surface area (Å²) >= 11 is 0. The minimum atomic E-state index is 0.284. The van der Waals surface area contributed by atoms with Crippen molar-refractivity contribution in [2.45, 2.75) is 6.42 Å². The summed E-state index contributed by atoms with van der Waals surface area (Å²) in [6.07, 6.45) is 0.656. The molecule has 2 aliphatic heterocycles. The molecule has 2 rings (SSSR count). The number of hydrogen-bond acceptors (Lipinski definition) is 4. The first-order valence-corrected chi connectivity index (χ1v) is 6.52. The van der Waals surface area contributed by atoms with E-state index in [1.165, 1.54) is 0 Å². The Morgan fingerprint density at radius 3 is 2.35 bits per heavy atom. The highest BCUT2D eigenvalue weighted by Gasteiger charge is 2.19. The fourth-order valence-electron chi connectivity index (χ4n) is 2.30. The number of likely N-dealkylation sites (N-methyl/N-ethyl adjacent to an activating group) is 1.